The zero-order chi connectivity index (χ0) is 20.5. The Hall–Kier alpha value is -1.26. The van der Waals surface area contributed by atoms with E-state index in [0.29, 0.717) is 6.61 Å². The molecule has 0 saturated carbocycles. The van der Waals surface area contributed by atoms with Gasteiger partial charge >= 0.3 is 6.09 Å². The number of ether oxygens (including phenoxy) is 1. The number of hydrogen-bond acceptors (Lipinski definition) is 4. The molecule has 0 saturated heterocycles. The molecule has 0 aromatic carbocycles. The fraction of sp³-hybridized carbons (Fsp3) is 0.909. The number of oxime groups is 1. The maximum Gasteiger partial charge on any atom is 0.408 e. The van der Waals surface area contributed by atoms with Crippen molar-refractivity contribution in [2.24, 2.45) is 11.1 Å². The van der Waals surface area contributed by atoms with Crippen LogP contribution in [0, 0.1) is 5.92 Å². The summed E-state index contributed by atoms with van der Waals surface area (Å²) in [4.78, 5) is 17.4. The van der Waals surface area contributed by atoms with E-state index in [1.165, 1.54) is 51.4 Å². The zero-order valence-corrected chi connectivity index (χ0v) is 18.7. The molecule has 1 amide bonds. The van der Waals surface area contributed by atoms with Gasteiger partial charge in [-0.25, -0.2) is 4.79 Å². The summed E-state index contributed by atoms with van der Waals surface area (Å²) in [5.41, 5.74) is -0.506. The maximum absolute atomic E-state index is 12.0. The van der Waals surface area contributed by atoms with Gasteiger partial charge in [0.05, 0.1) is 12.3 Å². The molecule has 0 spiro atoms. The fourth-order valence-corrected chi connectivity index (χ4v) is 2.66. The average molecular weight is 385 g/mol. The number of alkyl carbamates (subject to hydrolysis) is 1. The van der Waals surface area contributed by atoms with Gasteiger partial charge in [0.2, 0.25) is 0 Å². The molecule has 0 radical (unpaired) electrons. The molecule has 0 unspecified atom stereocenters. The lowest BCUT2D eigenvalue weighted by atomic mass is 10.0. The molecule has 0 aromatic heterocycles. The lowest BCUT2D eigenvalue weighted by Gasteiger charge is -2.24. The minimum Gasteiger partial charge on any atom is -0.444 e. The number of rotatable bonds is 15. The van der Waals surface area contributed by atoms with Gasteiger partial charge in [0, 0.05) is 0 Å². The number of nitrogens with zero attached hydrogens (tertiary/aromatic N) is 1. The van der Waals surface area contributed by atoms with Crippen LogP contribution < -0.4 is 5.32 Å². The molecule has 2 atom stereocenters. The Morgan fingerprint density at radius 1 is 1.00 bits per heavy atom. The highest BCUT2D eigenvalue weighted by molar-refractivity contribution is 5.75. The van der Waals surface area contributed by atoms with Crippen LogP contribution in [0.2, 0.25) is 0 Å². The van der Waals surface area contributed by atoms with E-state index in [1.54, 1.807) is 6.21 Å². The number of hydrogen-bond donors (Lipinski definition) is 1. The predicted octanol–water partition coefficient (Wildman–Crippen LogP) is 6.46. The van der Waals surface area contributed by atoms with Gasteiger partial charge in [-0.15, -0.1) is 0 Å². The van der Waals surface area contributed by atoms with Gasteiger partial charge in [-0.2, -0.15) is 0 Å². The van der Waals surface area contributed by atoms with Crippen molar-refractivity contribution >= 4 is 12.3 Å². The lowest BCUT2D eigenvalue weighted by Crippen LogP contribution is -2.43. The molecular formula is C22H44N2O3. The van der Waals surface area contributed by atoms with Crippen molar-refractivity contribution in [3.05, 3.63) is 0 Å². The first-order chi connectivity index (χ1) is 12.8. The Labute approximate surface area is 167 Å². The highest BCUT2D eigenvalue weighted by atomic mass is 16.6. The molecule has 0 rings (SSSR count). The van der Waals surface area contributed by atoms with Crippen molar-refractivity contribution in [3.63, 3.8) is 0 Å². The lowest BCUT2D eigenvalue weighted by molar-refractivity contribution is 0.0506. The van der Waals surface area contributed by atoms with Gasteiger partial charge in [0.1, 0.15) is 12.2 Å². The summed E-state index contributed by atoms with van der Waals surface area (Å²) < 4.78 is 5.32. The van der Waals surface area contributed by atoms with Gasteiger partial charge in [0.25, 0.3) is 0 Å². The number of nitrogens with one attached hydrogen (secondary N) is 1. The minimum absolute atomic E-state index is 0.187. The summed E-state index contributed by atoms with van der Waals surface area (Å²) in [6.07, 6.45) is 13.8. The fourth-order valence-electron chi connectivity index (χ4n) is 2.66. The standard InChI is InChI=1S/C22H44N2O3/c1-7-9-10-11-12-13-14-15-16-17-26-23-18-20(19(3)8-2)24-21(25)27-22(4,5)6/h18-20H,7-17H2,1-6H3,(H,24,25)/b23-18-/t19-,20+/m0/s1. The summed E-state index contributed by atoms with van der Waals surface area (Å²) >= 11 is 0. The third-order valence-electron chi connectivity index (χ3n) is 4.58. The normalized spacial score (nSPS) is 14.1. The summed E-state index contributed by atoms with van der Waals surface area (Å²) in [5.74, 6) is 0.262. The Bertz CT molecular complexity index is 392. The number of unbranched alkanes of at least 4 members (excludes halogenated alkanes) is 8. The number of carbonyl (C=O) groups excluding carboxylic acids is 1. The second-order valence-corrected chi connectivity index (χ2v) is 8.47. The molecule has 0 aromatic rings. The van der Waals surface area contributed by atoms with Crippen molar-refractivity contribution in [2.75, 3.05) is 6.61 Å². The molecule has 1 N–H and O–H groups in total. The predicted molar refractivity (Wildman–Crippen MR) is 114 cm³/mol. The Kier molecular flexibility index (Phi) is 15.0. The van der Waals surface area contributed by atoms with Gasteiger partial charge in [0.15, 0.2) is 0 Å². The van der Waals surface area contributed by atoms with Gasteiger partial charge in [-0.3, -0.25) is 0 Å². The van der Waals surface area contributed by atoms with Gasteiger partial charge in [-0.05, 0) is 39.5 Å². The van der Waals surface area contributed by atoms with E-state index in [-0.39, 0.29) is 12.0 Å². The molecular weight excluding hydrogens is 340 g/mol. The van der Waals surface area contributed by atoms with Crippen LogP contribution in [0.25, 0.3) is 0 Å². The van der Waals surface area contributed by atoms with Gasteiger partial charge < -0.3 is 14.9 Å². The summed E-state index contributed by atoms with van der Waals surface area (Å²) in [5, 5.41) is 6.94. The van der Waals surface area contributed by atoms with E-state index < -0.39 is 11.7 Å². The van der Waals surface area contributed by atoms with E-state index in [4.69, 9.17) is 9.57 Å². The molecule has 0 aliphatic rings. The molecule has 0 aliphatic heterocycles. The zero-order valence-electron chi connectivity index (χ0n) is 18.7. The Morgan fingerprint density at radius 3 is 2.07 bits per heavy atom. The SMILES string of the molecule is CCCCCCCCCCCO/N=C\[C@@H](NC(=O)OC(C)(C)C)[C@@H](C)CC. The van der Waals surface area contributed by atoms with Crippen LogP contribution in [-0.4, -0.2) is 30.6 Å². The number of amides is 1. The van der Waals surface area contributed by atoms with Gasteiger partial charge in [-0.1, -0.05) is 77.3 Å². The average Bonchev–Trinajstić information content (AvgIpc) is 2.59. The number of carbonyl (C=O) groups is 1. The molecule has 0 bridgehead atoms. The molecule has 0 aliphatic carbocycles. The quantitative estimate of drug-likeness (QED) is 0.200. The van der Waals surface area contributed by atoms with Crippen molar-refractivity contribution in [2.45, 2.75) is 117 Å². The Balaban J connectivity index is 3.93. The monoisotopic (exact) mass is 384 g/mol. The van der Waals surface area contributed by atoms with Crippen molar-refractivity contribution in [1.82, 2.24) is 5.32 Å². The third-order valence-corrected chi connectivity index (χ3v) is 4.58. The maximum atomic E-state index is 12.0. The largest absolute Gasteiger partial charge is 0.444 e. The second-order valence-electron chi connectivity index (χ2n) is 8.47. The van der Waals surface area contributed by atoms with Crippen LogP contribution >= 0.6 is 0 Å². The third kappa shape index (κ3) is 16.6. The van der Waals surface area contributed by atoms with E-state index in [2.05, 4.69) is 31.2 Å². The summed E-state index contributed by atoms with van der Waals surface area (Å²) in [7, 11) is 0. The summed E-state index contributed by atoms with van der Waals surface area (Å²) in [6, 6.07) is -0.187. The van der Waals surface area contributed by atoms with E-state index in [0.717, 1.165) is 12.8 Å². The van der Waals surface area contributed by atoms with Crippen LogP contribution in [0.5, 0.6) is 0 Å². The van der Waals surface area contributed by atoms with Crippen LogP contribution in [0.1, 0.15) is 106 Å². The molecule has 5 nitrogen and oxygen atoms in total. The van der Waals surface area contributed by atoms with Crippen molar-refractivity contribution in [1.29, 1.82) is 0 Å². The van der Waals surface area contributed by atoms with E-state index >= 15 is 0 Å². The first-order valence-corrected chi connectivity index (χ1v) is 10.9. The van der Waals surface area contributed by atoms with E-state index in [9.17, 15) is 4.79 Å². The molecule has 0 fully saturated rings. The van der Waals surface area contributed by atoms with E-state index in [1.807, 2.05) is 20.8 Å². The van der Waals surface area contributed by atoms with Crippen LogP contribution in [0.15, 0.2) is 5.16 Å². The first-order valence-electron chi connectivity index (χ1n) is 10.9. The van der Waals surface area contributed by atoms with Crippen LogP contribution in [0.3, 0.4) is 0 Å². The molecule has 27 heavy (non-hydrogen) atoms. The molecule has 0 heterocycles. The van der Waals surface area contributed by atoms with Crippen molar-refractivity contribution < 1.29 is 14.4 Å². The highest BCUT2D eigenvalue weighted by Gasteiger charge is 2.21. The smallest absolute Gasteiger partial charge is 0.408 e. The van der Waals surface area contributed by atoms with Crippen LogP contribution in [0.4, 0.5) is 4.79 Å². The Morgan fingerprint density at radius 2 is 1.56 bits per heavy atom. The van der Waals surface area contributed by atoms with Crippen molar-refractivity contribution in [3.8, 4) is 0 Å². The molecule has 5 heteroatoms. The van der Waals surface area contributed by atoms with Crippen LogP contribution in [-0.2, 0) is 9.57 Å². The molecule has 160 valence electrons. The highest BCUT2D eigenvalue weighted by Crippen LogP contribution is 2.11. The minimum atomic E-state index is -0.506. The first kappa shape index (κ1) is 25.7. The topological polar surface area (TPSA) is 59.9 Å². The summed E-state index contributed by atoms with van der Waals surface area (Å²) in [6.45, 7) is 12.6. The second kappa shape index (κ2) is 15.8.